The van der Waals surface area contributed by atoms with Crippen molar-refractivity contribution in [2.24, 2.45) is 0 Å². The Kier molecular flexibility index (Phi) is 6.75. The highest BCUT2D eigenvalue weighted by Gasteiger charge is 2.28. The summed E-state index contributed by atoms with van der Waals surface area (Å²) < 4.78 is 44.4. The van der Waals surface area contributed by atoms with Crippen LogP contribution in [0.25, 0.3) is 0 Å². The Balaban J connectivity index is 2.32. The topological polar surface area (TPSA) is 84.6 Å². The standard InChI is InChI=1S/C22H29FO5S/c1-13(2)18-8-16(23)9-19(14(3)4)20(18)10-17(24)12-29(26,27)21-7-15(11-28-21)22(5,6)25/h7-9,11,13-14,25H,10,12H2,1-6H3. The van der Waals surface area contributed by atoms with Crippen LogP contribution >= 0.6 is 0 Å². The van der Waals surface area contributed by atoms with Crippen LogP contribution in [0.15, 0.2) is 34.0 Å². The molecule has 2 rings (SSSR count). The summed E-state index contributed by atoms with van der Waals surface area (Å²) in [5.74, 6) is -1.61. The summed E-state index contributed by atoms with van der Waals surface area (Å²) in [6.07, 6.45) is 1.07. The normalized spacial score (nSPS) is 12.8. The number of rotatable bonds is 8. The van der Waals surface area contributed by atoms with Crippen LogP contribution in [0.2, 0.25) is 0 Å². The van der Waals surface area contributed by atoms with Crippen molar-refractivity contribution in [3.8, 4) is 0 Å². The Labute approximate surface area is 171 Å². The fourth-order valence-corrected chi connectivity index (χ4v) is 4.42. The first-order valence-corrected chi connectivity index (χ1v) is 11.3. The zero-order valence-electron chi connectivity index (χ0n) is 17.7. The fourth-order valence-electron chi connectivity index (χ4n) is 3.25. The molecule has 2 aromatic rings. The van der Waals surface area contributed by atoms with Gasteiger partial charge in [0.05, 0.1) is 11.9 Å². The van der Waals surface area contributed by atoms with E-state index >= 15 is 0 Å². The van der Waals surface area contributed by atoms with Crippen molar-refractivity contribution in [1.29, 1.82) is 0 Å². The van der Waals surface area contributed by atoms with E-state index in [1.54, 1.807) is 0 Å². The molecule has 0 saturated heterocycles. The van der Waals surface area contributed by atoms with Crippen molar-refractivity contribution < 1.29 is 27.1 Å². The van der Waals surface area contributed by atoms with Gasteiger partial charge in [0.1, 0.15) is 11.6 Å². The van der Waals surface area contributed by atoms with Gasteiger partial charge >= 0.3 is 0 Å². The second-order valence-corrected chi connectivity index (χ2v) is 10.5. The van der Waals surface area contributed by atoms with Gasteiger partial charge in [0.15, 0.2) is 5.78 Å². The largest absolute Gasteiger partial charge is 0.453 e. The van der Waals surface area contributed by atoms with Crippen LogP contribution in [0.1, 0.15) is 75.6 Å². The summed E-state index contributed by atoms with van der Waals surface area (Å²) in [6, 6.07) is 4.06. The van der Waals surface area contributed by atoms with E-state index in [1.165, 1.54) is 38.3 Å². The number of hydrogen-bond donors (Lipinski definition) is 1. The maximum absolute atomic E-state index is 14.0. The highest BCUT2D eigenvalue weighted by Crippen LogP contribution is 2.30. The van der Waals surface area contributed by atoms with Crippen molar-refractivity contribution in [3.63, 3.8) is 0 Å². The molecule has 1 N–H and O–H groups in total. The molecule has 0 aliphatic rings. The molecule has 0 saturated carbocycles. The maximum atomic E-state index is 14.0. The lowest BCUT2D eigenvalue weighted by Gasteiger charge is -2.19. The average Bonchev–Trinajstić information content (AvgIpc) is 3.06. The quantitative estimate of drug-likeness (QED) is 0.675. The fraction of sp³-hybridized carbons (Fsp3) is 0.500. The van der Waals surface area contributed by atoms with Gasteiger partial charge in [-0.05, 0) is 54.5 Å². The first-order chi connectivity index (χ1) is 13.2. The molecule has 0 spiro atoms. The summed E-state index contributed by atoms with van der Waals surface area (Å²) in [5, 5.41) is 9.63. The van der Waals surface area contributed by atoms with E-state index in [0.717, 1.165) is 0 Å². The third kappa shape index (κ3) is 5.54. The minimum Gasteiger partial charge on any atom is -0.453 e. The molecule has 0 radical (unpaired) electrons. The molecule has 0 fully saturated rings. The zero-order chi connectivity index (χ0) is 22.1. The highest BCUT2D eigenvalue weighted by molar-refractivity contribution is 7.92. The van der Waals surface area contributed by atoms with E-state index in [2.05, 4.69) is 0 Å². The zero-order valence-corrected chi connectivity index (χ0v) is 18.6. The molecule has 1 aromatic heterocycles. The van der Waals surface area contributed by atoms with Gasteiger partial charge in [-0.1, -0.05) is 27.7 Å². The first-order valence-electron chi connectivity index (χ1n) is 9.60. The molecule has 29 heavy (non-hydrogen) atoms. The van der Waals surface area contributed by atoms with Crippen LogP contribution < -0.4 is 0 Å². The molecule has 0 unspecified atom stereocenters. The minimum absolute atomic E-state index is 0.0120. The van der Waals surface area contributed by atoms with E-state index in [-0.39, 0.29) is 29.2 Å². The number of aliphatic hydroxyl groups is 1. The minimum atomic E-state index is -3.99. The third-order valence-electron chi connectivity index (χ3n) is 4.84. The van der Waals surface area contributed by atoms with Crippen molar-refractivity contribution in [2.75, 3.05) is 5.75 Å². The summed E-state index contributed by atoms with van der Waals surface area (Å²) >= 11 is 0. The van der Waals surface area contributed by atoms with E-state index in [1.807, 2.05) is 27.7 Å². The maximum Gasteiger partial charge on any atom is 0.218 e. The molecule has 1 aromatic carbocycles. The van der Waals surface area contributed by atoms with Crippen LogP contribution in [0.3, 0.4) is 0 Å². The molecule has 0 aliphatic carbocycles. The lowest BCUT2D eigenvalue weighted by atomic mass is 9.86. The number of sulfone groups is 1. The van der Waals surface area contributed by atoms with Crippen LogP contribution in [0.5, 0.6) is 0 Å². The molecule has 5 nitrogen and oxygen atoms in total. The molecule has 160 valence electrons. The van der Waals surface area contributed by atoms with Crippen molar-refractivity contribution in [1.82, 2.24) is 0 Å². The highest BCUT2D eigenvalue weighted by atomic mass is 32.2. The van der Waals surface area contributed by atoms with Gasteiger partial charge < -0.3 is 9.52 Å². The van der Waals surface area contributed by atoms with E-state index in [0.29, 0.717) is 22.3 Å². The van der Waals surface area contributed by atoms with Gasteiger partial charge in [-0.25, -0.2) is 12.8 Å². The Hall–Kier alpha value is -1.99. The Bertz CT molecular complexity index is 965. The van der Waals surface area contributed by atoms with Crippen molar-refractivity contribution >= 4 is 15.6 Å². The van der Waals surface area contributed by atoms with Crippen LogP contribution in [0, 0.1) is 5.82 Å². The number of Topliss-reactive ketones (excluding diaryl/α,β-unsaturated/α-hetero) is 1. The van der Waals surface area contributed by atoms with E-state index in [9.17, 15) is 22.7 Å². The molecule has 0 aliphatic heterocycles. The van der Waals surface area contributed by atoms with Crippen molar-refractivity contribution in [3.05, 3.63) is 52.5 Å². The Morgan fingerprint density at radius 1 is 1.10 bits per heavy atom. The number of carbonyl (C=O) groups is 1. The lowest BCUT2D eigenvalue weighted by Crippen LogP contribution is -2.20. The lowest BCUT2D eigenvalue weighted by molar-refractivity contribution is -0.116. The number of hydrogen-bond acceptors (Lipinski definition) is 5. The van der Waals surface area contributed by atoms with Crippen LogP contribution in [-0.4, -0.2) is 25.1 Å². The third-order valence-corrected chi connectivity index (χ3v) is 6.37. The summed E-state index contributed by atoms with van der Waals surface area (Å²) in [7, 11) is -3.99. The molecule has 0 bridgehead atoms. The molecular formula is C22H29FO5S. The smallest absolute Gasteiger partial charge is 0.218 e. The SMILES string of the molecule is CC(C)c1cc(F)cc(C(C)C)c1CC(=O)CS(=O)(=O)c1cc(C(C)(C)O)co1. The number of halogens is 1. The van der Waals surface area contributed by atoms with Gasteiger partial charge in [0.2, 0.25) is 14.9 Å². The first kappa shape index (κ1) is 23.3. The molecule has 0 atom stereocenters. The van der Waals surface area contributed by atoms with Crippen LogP contribution in [-0.2, 0) is 26.7 Å². The van der Waals surface area contributed by atoms with E-state index in [4.69, 9.17) is 4.42 Å². The van der Waals surface area contributed by atoms with Gasteiger partial charge in [-0.3, -0.25) is 4.79 Å². The second kappa shape index (κ2) is 8.40. The van der Waals surface area contributed by atoms with Gasteiger partial charge in [-0.15, -0.1) is 0 Å². The summed E-state index contributed by atoms with van der Waals surface area (Å²) in [5.41, 5.74) is 1.16. The van der Waals surface area contributed by atoms with Crippen molar-refractivity contribution in [2.45, 2.75) is 70.5 Å². The number of furan rings is 1. The summed E-state index contributed by atoms with van der Waals surface area (Å²) in [4.78, 5) is 12.7. The Morgan fingerprint density at radius 3 is 2.03 bits per heavy atom. The predicted molar refractivity (Wildman–Crippen MR) is 109 cm³/mol. The van der Waals surface area contributed by atoms with Gasteiger partial charge in [0.25, 0.3) is 0 Å². The molecule has 7 heteroatoms. The van der Waals surface area contributed by atoms with Gasteiger partial charge in [-0.2, -0.15) is 0 Å². The predicted octanol–water partition coefficient (Wildman–Crippen LogP) is 4.48. The monoisotopic (exact) mass is 424 g/mol. The molecule has 1 heterocycles. The van der Waals surface area contributed by atoms with E-state index < -0.39 is 27.0 Å². The number of benzene rings is 1. The Morgan fingerprint density at radius 2 is 1.62 bits per heavy atom. The van der Waals surface area contributed by atoms with Gasteiger partial charge in [0, 0.05) is 18.1 Å². The second-order valence-electron chi connectivity index (χ2n) is 8.56. The molecule has 0 amide bonds. The van der Waals surface area contributed by atoms with Crippen LogP contribution in [0.4, 0.5) is 4.39 Å². The average molecular weight is 425 g/mol. The molecular weight excluding hydrogens is 395 g/mol. The summed E-state index contributed by atoms with van der Waals surface area (Å²) in [6.45, 7) is 10.6. The number of ketones is 1. The number of carbonyl (C=O) groups excluding carboxylic acids is 1.